The van der Waals surface area contributed by atoms with Crippen LogP contribution in [0.5, 0.6) is 0 Å². The molecule has 0 spiro atoms. The molecule has 5 heteroatoms. The fourth-order valence-electron chi connectivity index (χ4n) is 1.59. The molecule has 2 rings (SSSR count). The second kappa shape index (κ2) is 4.27. The van der Waals surface area contributed by atoms with E-state index in [1.54, 1.807) is 18.6 Å². The molecule has 0 saturated heterocycles. The van der Waals surface area contributed by atoms with E-state index in [1.165, 1.54) is 0 Å². The van der Waals surface area contributed by atoms with Gasteiger partial charge in [-0.05, 0) is 6.92 Å². The van der Waals surface area contributed by atoms with Gasteiger partial charge in [-0.15, -0.1) is 0 Å². The van der Waals surface area contributed by atoms with Crippen LogP contribution in [0.1, 0.15) is 24.6 Å². The maximum Gasteiger partial charge on any atom is 0.123 e. The SMILES string of the molecule is CCn1ccnc1CC(N)c1ncc[nH]1. The number of H-pyrrole nitrogens is 1. The van der Waals surface area contributed by atoms with Crippen molar-refractivity contribution in [3.05, 3.63) is 36.4 Å². The quantitative estimate of drug-likeness (QED) is 0.777. The Balaban J connectivity index is 2.09. The predicted octanol–water partition coefficient (Wildman–Crippen LogP) is 0.869. The number of nitrogens with two attached hydrogens (primary N) is 1. The Morgan fingerprint density at radius 1 is 1.47 bits per heavy atom. The molecule has 0 amide bonds. The van der Waals surface area contributed by atoms with E-state index in [2.05, 4.69) is 26.4 Å². The predicted molar refractivity (Wildman–Crippen MR) is 57.1 cm³/mol. The van der Waals surface area contributed by atoms with Crippen LogP contribution in [0.15, 0.2) is 24.8 Å². The van der Waals surface area contributed by atoms with Crippen LogP contribution in [0.4, 0.5) is 0 Å². The van der Waals surface area contributed by atoms with Gasteiger partial charge in [0.25, 0.3) is 0 Å². The highest BCUT2D eigenvalue weighted by Gasteiger charge is 2.12. The fourth-order valence-corrected chi connectivity index (χ4v) is 1.59. The number of rotatable bonds is 4. The number of aromatic amines is 1. The van der Waals surface area contributed by atoms with Crippen molar-refractivity contribution in [1.82, 2.24) is 19.5 Å². The van der Waals surface area contributed by atoms with Crippen LogP contribution < -0.4 is 5.73 Å². The normalized spacial score (nSPS) is 12.9. The second-order valence-electron chi connectivity index (χ2n) is 3.41. The molecule has 5 nitrogen and oxygen atoms in total. The van der Waals surface area contributed by atoms with E-state index in [-0.39, 0.29) is 6.04 Å². The minimum Gasteiger partial charge on any atom is -0.347 e. The van der Waals surface area contributed by atoms with Gasteiger partial charge in [0.05, 0.1) is 6.04 Å². The zero-order valence-corrected chi connectivity index (χ0v) is 8.72. The average Bonchev–Trinajstić information content (AvgIpc) is 2.87. The number of aryl methyl sites for hydroxylation is 1. The molecule has 80 valence electrons. The van der Waals surface area contributed by atoms with Crippen LogP contribution in [-0.4, -0.2) is 19.5 Å². The Bertz CT molecular complexity index is 403. The molecule has 3 N–H and O–H groups in total. The summed E-state index contributed by atoms with van der Waals surface area (Å²) in [6.45, 7) is 3.00. The summed E-state index contributed by atoms with van der Waals surface area (Å²) in [5.41, 5.74) is 6.01. The number of hydrogen-bond acceptors (Lipinski definition) is 3. The van der Waals surface area contributed by atoms with Gasteiger partial charge in [0, 0.05) is 37.8 Å². The first kappa shape index (κ1) is 9.92. The first-order valence-electron chi connectivity index (χ1n) is 5.06. The van der Waals surface area contributed by atoms with E-state index in [4.69, 9.17) is 5.73 Å². The third-order valence-electron chi connectivity index (χ3n) is 2.42. The molecule has 0 radical (unpaired) electrons. The number of hydrogen-bond donors (Lipinski definition) is 2. The molecular formula is C10H15N5. The van der Waals surface area contributed by atoms with Crippen molar-refractivity contribution in [3.8, 4) is 0 Å². The number of aromatic nitrogens is 4. The summed E-state index contributed by atoms with van der Waals surface area (Å²) in [7, 11) is 0. The molecule has 2 heterocycles. The van der Waals surface area contributed by atoms with Crippen LogP contribution in [0, 0.1) is 0 Å². The van der Waals surface area contributed by atoms with Crippen molar-refractivity contribution >= 4 is 0 Å². The van der Waals surface area contributed by atoms with Crippen LogP contribution in [0.2, 0.25) is 0 Å². The third kappa shape index (κ3) is 2.07. The van der Waals surface area contributed by atoms with Gasteiger partial charge in [-0.25, -0.2) is 9.97 Å². The van der Waals surface area contributed by atoms with Gasteiger partial charge in [-0.3, -0.25) is 0 Å². The smallest absolute Gasteiger partial charge is 0.123 e. The summed E-state index contributed by atoms with van der Waals surface area (Å²) in [5.74, 6) is 1.81. The third-order valence-corrected chi connectivity index (χ3v) is 2.42. The Hall–Kier alpha value is -1.62. The number of nitrogens with zero attached hydrogens (tertiary/aromatic N) is 3. The second-order valence-corrected chi connectivity index (χ2v) is 3.41. The highest BCUT2D eigenvalue weighted by atomic mass is 15.1. The van der Waals surface area contributed by atoms with Gasteiger partial charge >= 0.3 is 0 Å². The number of imidazole rings is 2. The molecule has 0 bridgehead atoms. The topological polar surface area (TPSA) is 72.5 Å². The Labute approximate surface area is 88.4 Å². The highest BCUT2D eigenvalue weighted by Crippen LogP contribution is 2.10. The van der Waals surface area contributed by atoms with Crippen LogP contribution in [-0.2, 0) is 13.0 Å². The van der Waals surface area contributed by atoms with Crippen molar-refractivity contribution < 1.29 is 0 Å². The molecule has 0 aliphatic carbocycles. The zero-order chi connectivity index (χ0) is 10.7. The zero-order valence-electron chi connectivity index (χ0n) is 8.72. The van der Waals surface area contributed by atoms with E-state index in [1.807, 2.05) is 6.20 Å². The lowest BCUT2D eigenvalue weighted by molar-refractivity contribution is 0.608. The number of nitrogens with one attached hydrogen (secondary N) is 1. The van der Waals surface area contributed by atoms with E-state index in [0.717, 1.165) is 18.2 Å². The maximum absolute atomic E-state index is 6.01. The Kier molecular flexibility index (Phi) is 2.82. The van der Waals surface area contributed by atoms with Crippen molar-refractivity contribution in [3.63, 3.8) is 0 Å². The lowest BCUT2D eigenvalue weighted by atomic mass is 10.2. The largest absolute Gasteiger partial charge is 0.347 e. The molecule has 0 aliphatic heterocycles. The van der Waals surface area contributed by atoms with Crippen molar-refractivity contribution in [2.24, 2.45) is 5.73 Å². The standard InChI is InChI=1S/C10H15N5/c1-2-15-6-5-12-9(15)7-8(11)10-13-3-4-14-10/h3-6,8H,2,7,11H2,1H3,(H,13,14). The van der Waals surface area contributed by atoms with Crippen molar-refractivity contribution in [2.75, 3.05) is 0 Å². The summed E-state index contributed by atoms with van der Waals surface area (Å²) >= 11 is 0. The average molecular weight is 205 g/mol. The Morgan fingerprint density at radius 3 is 3.00 bits per heavy atom. The van der Waals surface area contributed by atoms with E-state index < -0.39 is 0 Å². The molecule has 1 atom stereocenters. The van der Waals surface area contributed by atoms with Crippen molar-refractivity contribution in [1.29, 1.82) is 0 Å². The molecule has 15 heavy (non-hydrogen) atoms. The van der Waals surface area contributed by atoms with E-state index in [9.17, 15) is 0 Å². The molecule has 2 aromatic rings. The Morgan fingerprint density at radius 2 is 2.33 bits per heavy atom. The summed E-state index contributed by atoms with van der Waals surface area (Å²) < 4.78 is 2.09. The van der Waals surface area contributed by atoms with Gasteiger partial charge < -0.3 is 15.3 Å². The minimum absolute atomic E-state index is 0.118. The molecule has 0 fully saturated rings. The lowest BCUT2D eigenvalue weighted by Gasteiger charge is -2.09. The summed E-state index contributed by atoms with van der Waals surface area (Å²) in [6, 6.07) is -0.118. The van der Waals surface area contributed by atoms with Gasteiger partial charge in [0.15, 0.2) is 0 Å². The van der Waals surface area contributed by atoms with Crippen LogP contribution in [0.3, 0.4) is 0 Å². The van der Waals surface area contributed by atoms with E-state index >= 15 is 0 Å². The summed E-state index contributed by atoms with van der Waals surface area (Å²) in [6.07, 6.45) is 7.95. The minimum atomic E-state index is -0.118. The first-order valence-corrected chi connectivity index (χ1v) is 5.06. The molecule has 0 aliphatic rings. The molecule has 0 saturated carbocycles. The van der Waals surface area contributed by atoms with Gasteiger partial charge in [0.2, 0.25) is 0 Å². The van der Waals surface area contributed by atoms with Gasteiger partial charge in [-0.2, -0.15) is 0 Å². The monoisotopic (exact) mass is 205 g/mol. The first-order chi connectivity index (χ1) is 7.31. The molecule has 2 aromatic heterocycles. The molecular weight excluding hydrogens is 190 g/mol. The summed E-state index contributed by atoms with van der Waals surface area (Å²) in [4.78, 5) is 11.4. The lowest BCUT2D eigenvalue weighted by Crippen LogP contribution is -2.17. The van der Waals surface area contributed by atoms with Crippen LogP contribution >= 0.6 is 0 Å². The van der Waals surface area contributed by atoms with Crippen LogP contribution in [0.25, 0.3) is 0 Å². The van der Waals surface area contributed by atoms with Gasteiger partial charge in [-0.1, -0.05) is 0 Å². The van der Waals surface area contributed by atoms with Gasteiger partial charge in [0.1, 0.15) is 11.6 Å². The highest BCUT2D eigenvalue weighted by molar-refractivity contribution is 5.02. The van der Waals surface area contributed by atoms with Crippen molar-refractivity contribution in [2.45, 2.75) is 25.9 Å². The molecule has 1 unspecified atom stereocenters. The molecule has 0 aromatic carbocycles. The maximum atomic E-state index is 6.01. The summed E-state index contributed by atoms with van der Waals surface area (Å²) in [5, 5.41) is 0. The van der Waals surface area contributed by atoms with E-state index in [0.29, 0.717) is 6.42 Å². The fraction of sp³-hybridized carbons (Fsp3) is 0.400.